The molecule has 2 N–H and O–H groups in total. The summed E-state index contributed by atoms with van der Waals surface area (Å²) in [5.74, 6) is -0.301. The van der Waals surface area contributed by atoms with Crippen molar-refractivity contribution < 1.29 is 13.9 Å². The lowest BCUT2D eigenvalue weighted by molar-refractivity contribution is 0.1000. The summed E-state index contributed by atoms with van der Waals surface area (Å²) in [5.41, 5.74) is 6.97. The van der Waals surface area contributed by atoms with Crippen molar-refractivity contribution in [1.82, 2.24) is 9.13 Å². The van der Waals surface area contributed by atoms with Gasteiger partial charge in [-0.2, -0.15) is 0 Å². The van der Waals surface area contributed by atoms with Crippen LogP contribution in [0.4, 0.5) is 4.39 Å². The summed E-state index contributed by atoms with van der Waals surface area (Å²) >= 11 is 0. The maximum atomic E-state index is 13.5. The first-order chi connectivity index (χ1) is 16.4. The molecule has 0 aliphatic rings. The molecule has 0 atom stereocenters. The number of benzene rings is 3. The van der Waals surface area contributed by atoms with Crippen LogP contribution in [0.2, 0.25) is 0 Å². The summed E-state index contributed by atoms with van der Waals surface area (Å²) in [4.78, 5) is 36.4. The van der Waals surface area contributed by atoms with Gasteiger partial charge in [0.25, 0.3) is 5.56 Å². The van der Waals surface area contributed by atoms with E-state index in [2.05, 4.69) is 0 Å². The first kappa shape index (κ1) is 22.7. The highest BCUT2D eigenvalue weighted by Gasteiger charge is 2.08. The molecule has 0 saturated heterocycles. The lowest BCUT2D eigenvalue weighted by atomic mass is 10.1. The minimum Gasteiger partial charge on any atom is -0.489 e. The molecule has 0 radical (unpaired) electrons. The number of nitrogens with two attached hydrogens (primary N) is 1. The van der Waals surface area contributed by atoms with Gasteiger partial charge in [0, 0.05) is 17.8 Å². The molecule has 0 aliphatic carbocycles. The first-order valence-electron chi connectivity index (χ1n) is 10.5. The largest absolute Gasteiger partial charge is 0.489 e. The Morgan fingerprint density at radius 2 is 1.59 bits per heavy atom. The highest BCUT2D eigenvalue weighted by atomic mass is 19.1. The van der Waals surface area contributed by atoms with Gasteiger partial charge in [-0.15, -0.1) is 0 Å². The molecule has 8 heteroatoms. The van der Waals surface area contributed by atoms with Gasteiger partial charge in [-0.1, -0.05) is 36.4 Å². The first-order valence-corrected chi connectivity index (χ1v) is 10.5. The minimum absolute atomic E-state index is 0.0139. The predicted octanol–water partition coefficient (Wildman–Crippen LogP) is 2.92. The van der Waals surface area contributed by atoms with Gasteiger partial charge in [0.05, 0.1) is 13.1 Å². The van der Waals surface area contributed by atoms with Crippen LogP contribution in [0.3, 0.4) is 0 Å². The number of carbonyl (C=O) groups is 1. The summed E-state index contributed by atoms with van der Waals surface area (Å²) in [6.07, 6.45) is 1.45. The van der Waals surface area contributed by atoms with Crippen molar-refractivity contribution in [2.45, 2.75) is 19.7 Å². The van der Waals surface area contributed by atoms with Crippen molar-refractivity contribution in [3.8, 4) is 5.75 Å². The third-order valence-electron chi connectivity index (χ3n) is 5.26. The third-order valence-corrected chi connectivity index (χ3v) is 5.26. The van der Waals surface area contributed by atoms with Gasteiger partial charge in [0.1, 0.15) is 18.2 Å². The van der Waals surface area contributed by atoms with Crippen LogP contribution < -0.4 is 21.7 Å². The molecule has 3 aromatic carbocycles. The second-order valence-corrected chi connectivity index (χ2v) is 7.78. The molecule has 34 heavy (non-hydrogen) atoms. The zero-order valence-corrected chi connectivity index (χ0v) is 18.2. The van der Waals surface area contributed by atoms with E-state index in [1.165, 1.54) is 35.0 Å². The Morgan fingerprint density at radius 3 is 2.32 bits per heavy atom. The van der Waals surface area contributed by atoms with Crippen LogP contribution in [0.15, 0.2) is 94.6 Å². The van der Waals surface area contributed by atoms with Gasteiger partial charge >= 0.3 is 5.69 Å². The Labute approximate surface area is 194 Å². The highest BCUT2D eigenvalue weighted by molar-refractivity contribution is 5.92. The van der Waals surface area contributed by atoms with Crippen molar-refractivity contribution in [3.05, 3.63) is 134 Å². The second-order valence-electron chi connectivity index (χ2n) is 7.78. The van der Waals surface area contributed by atoms with E-state index in [9.17, 15) is 18.8 Å². The number of carbonyl (C=O) groups excluding carboxylic acids is 1. The van der Waals surface area contributed by atoms with Crippen LogP contribution in [0.1, 0.15) is 27.0 Å². The van der Waals surface area contributed by atoms with Gasteiger partial charge in [-0.25, -0.2) is 9.18 Å². The SMILES string of the molecule is NC(=O)c1cccc(COc2ccc(Cn3ccc(=O)n(Cc4cccc(F)c4)c3=O)cc2)c1. The van der Waals surface area contributed by atoms with E-state index in [4.69, 9.17) is 10.5 Å². The Hall–Kier alpha value is -4.46. The minimum atomic E-state index is -0.497. The van der Waals surface area contributed by atoms with Gasteiger partial charge in [-0.05, 0) is 53.1 Å². The average Bonchev–Trinajstić information content (AvgIpc) is 2.83. The Balaban J connectivity index is 1.45. The molecule has 7 nitrogen and oxygen atoms in total. The highest BCUT2D eigenvalue weighted by Crippen LogP contribution is 2.15. The number of aromatic nitrogens is 2. The zero-order chi connectivity index (χ0) is 24.1. The number of halogens is 1. The maximum Gasteiger partial charge on any atom is 0.331 e. The van der Waals surface area contributed by atoms with Crippen molar-refractivity contribution in [3.63, 3.8) is 0 Å². The molecule has 0 saturated carbocycles. The van der Waals surface area contributed by atoms with Crippen molar-refractivity contribution in [2.75, 3.05) is 0 Å². The quantitative estimate of drug-likeness (QED) is 0.438. The lowest BCUT2D eigenvalue weighted by Crippen LogP contribution is -2.39. The fourth-order valence-corrected chi connectivity index (χ4v) is 3.51. The fraction of sp³-hybridized carbons (Fsp3) is 0.115. The van der Waals surface area contributed by atoms with Crippen LogP contribution in [-0.4, -0.2) is 15.0 Å². The molecule has 0 aliphatic heterocycles. The van der Waals surface area contributed by atoms with E-state index in [0.717, 1.165) is 15.7 Å². The topological polar surface area (TPSA) is 96.3 Å². The van der Waals surface area contributed by atoms with Gasteiger partial charge in [0.15, 0.2) is 0 Å². The number of rotatable bonds is 8. The van der Waals surface area contributed by atoms with Crippen LogP contribution in [0.25, 0.3) is 0 Å². The molecule has 0 unspecified atom stereocenters. The predicted molar refractivity (Wildman–Crippen MR) is 125 cm³/mol. The van der Waals surface area contributed by atoms with E-state index in [1.807, 2.05) is 18.2 Å². The van der Waals surface area contributed by atoms with Gasteiger partial charge in [0.2, 0.25) is 5.91 Å². The standard InChI is InChI=1S/C26H22FN3O4/c27-22-6-2-3-19(14-22)16-30-24(31)11-12-29(26(30)33)15-18-7-9-23(10-8-18)34-17-20-4-1-5-21(13-20)25(28)32/h1-14H,15-17H2,(H2,28,32). The summed E-state index contributed by atoms with van der Waals surface area (Å²) in [6, 6.07) is 21.2. The molecular formula is C26H22FN3O4. The molecule has 0 fully saturated rings. The smallest absolute Gasteiger partial charge is 0.331 e. The molecule has 4 aromatic rings. The zero-order valence-electron chi connectivity index (χ0n) is 18.2. The van der Waals surface area contributed by atoms with E-state index in [-0.39, 0.29) is 19.7 Å². The van der Waals surface area contributed by atoms with Crippen LogP contribution in [0.5, 0.6) is 5.75 Å². The molecule has 1 heterocycles. The monoisotopic (exact) mass is 459 g/mol. The average molecular weight is 459 g/mol. The molecular weight excluding hydrogens is 437 g/mol. The van der Waals surface area contributed by atoms with Crippen LogP contribution >= 0.6 is 0 Å². The fourth-order valence-electron chi connectivity index (χ4n) is 3.51. The third kappa shape index (κ3) is 5.47. The van der Waals surface area contributed by atoms with E-state index < -0.39 is 23.0 Å². The molecule has 172 valence electrons. The van der Waals surface area contributed by atoms with Crippen molar-refractivity contribution in [2.24, 2.45) is 5.73 Å². The molecule has 0 bridgehead atoms. The maximum absolute atomic E-state index is 13.5. The van der Waals surface area contributed by atoms with Crippen molar-refractivity contribution >= 4 is 5.91 Å². The number of amides is 1. The summed E-state index contributed by atoms with van der Waals surface area (Å²) in [5, 5.41) is 0. The molecule has 1 amide bonds. The number of ether oxygens (including phenoxy) is 1. The van der Waals surface area contributed by atoms with E-state index >= 15 is 0 Å². The second kappa shape index (κ2) is 9.99. The summed E-state index contributed by atoms with van der Waals surface area (Å²) < 4.78 is 21.7. The van der Waals surface area contributed by atoms with Gasteiger partial charge in [-0.3, -0.25) is 18.7 Å². The number of hydrogen-bond acceptors (Lipinski definition) is 4. The Kier molecular flexibility index (Phi) is 6.68. The summed E-state index contributed by atoms with van der Waals surface area (Å²) in [7, 11) is 0. The van der Waals surface area contributed by atoms with E-state index in [0.29, 0.717) is 16.9 Å². The van der Waals surface area contributed by atoms with Crippen LogP contribution in [0, 0.1) is 5.82 Å². The molecule has 4 rings (SSSR count). The number of primary amides is 1. The Bertz CT molecular complexity index is 1440. The number of hydrogen-bond donors (Lipinski definition) is 1. The van der Waals surface area contributed by atoms with E-state index in [1.54, 1.807) is 36.4 Å². The number of nitrogens with zero attached hydrogens (tertiary/aromatic N) is 2. The normalized spacial score (nSPS) is 10.7. The van der Waals surface area contributed by atoms with Crippen molar-refractivity contribution in [1.29, 1.82) is 0 Å². The molecule has 1 aromatic heterocycles. The van der Waals surface area contributed by atoms with Gasteiger partial charge < -0.3 is 10.5 Å². The van der Waals surface area contributed by atoms with Crippen LogP contribution in [-0.2, 0) is 19.7 Å². The lowest BCUT2D eigenvalue weighted by Gasteiger charge is -2.11. The summed E-state index contributed by atoms with van der Waals surface area (Å²) in [6.45, 7) is 0.508. The molecule has 0 spiro atoms. The Morgan fingerprint density at radius 1 is 0.853 bits per heavy atom.